The molecule has 0 fully saturated rings. The molecule has 0 radical (unpaired) electrons. The van der Waals surface area contributed by atoms with Gasteiger partial charge in [0.1, 0.15) is 12.3 Å². The molecule has 134 valence electrons. The van der Waals surface area contributed by atoms with E-state index < -0.39 is 11.7 Å². The second kappa shape index (κ2) is 8.02. The van der Waals surface area contributed by atoms with Crippen LogP contribution in [0.25, 0.3) is 0 Å². The first kappa shape index (κ1) is 18.8. The van der Waals surface area contributed by atoms with Crippen LogP contribution in [0.5, 0.6) is 5.75 Å². The summed E-state index contributed by atoms with van der Waals surface area (Å²) in [5, 5.41) is 2.51. The van der Waals surface area contributed by atoms with Gasteiger partial charge in [0.05, 0.1) is 19.7 Å². The van der Waals surface area contributed by atoms with Crippen molar-refractivity contribution in [3.63, 3.8) is 0 Å². The molecule has 0 spiro atoms. The van der Waals surface area contributed by atoms with Crippen LogP contribution in [0.3, 0.4) is 0 Å². The number of carbonyl (C=O) groups is 1. The molecule has 2 aromatic carbocycles. The smallest absolute Gasteiger partial charge is 0.416 e. The number of likely N-dealkylation sites (N-methyl/N-ethyl adjacent to an activating group) is 1. The number of hydrogen-bond donors (Lipinski definition) is 2. The van der Waals surface area contributed by atoms with Crippen LogP contribution in [0.4, 0.5) is 18.9 Å². The minimum absolute atomic E-state index is 0.132. The lowest BCUT2D eigenvalue weighted by Crippen LogP contribution is -3.08. The van der Waals surface area contributed by atoms with E-state index in [0.29, 0.717) is 6.54 Å². The maximum Gasteiger partial charge on any atom is 0.416 e. The van der Waals surface area contributed by atoms with Crippen LogP contribution < -0.4 is 15.0 Å². The Kier molecular flexibility index (Phi) is 6.03. The van der Waals surface area contributed by atoms with E-state index in [1.165, 1.54) is 12.1 Å². The molecule has 0 aliphatic heterocycles. The maximum absolute atomic E-state index is 12.7. The summed E-state index contributed by atoms with van der Waals surface area (Å²) in [6.45, 7) is 0.723. The monoisotopic (exact) mass is 353 g/mol. The van der Waals surface area contributed by atoms with Crippen molar-refractivity contribution in [1.29, 1.82) is 0 Å². The zero-order valence-corrected chi connectivity index (χ0v) is 14.0. The largest absolute Gasteiger partial charge is 0.497 e. The maximum atomic E-state index is 12.7. The van der Waals surface area contributed by atoms with E-state index >= 15 is 0 Å². The van der Waals surface area contributed by atoms with E-state index in [2.05, 4.69) is 5.32 Å². The number of quaternary nitrogens is 1. The minimum atomic E-state index is -4.44. The number of anilines is 1. The first-order valence-corrected chi connectivity index (χ1v) is 7.69. The fourth-order valence-corrected chi connectivity index (χ4v) is 2.45. The van der Waals surface area contributed by atoms with E-state index in [-0.39, 0.29) is 18.1 Å². The lowest BCUT2D eigenvalue weighted by atomic mass is 10.2. The Balaban J connectivity index is 1.93. The summed E-state index contributed by atoms with van der Waals surface area (Å²) >= 11 is 0. The normalized spacial score (nSPS) is 12.5. The third-order valence-electron chi connectivity index (χ3n) is 3.58. The Morgan fingerprint density at radius 1 is 1.16 bits per heavy atom. The topological polar surface area (TPSA) is 42.8 Å². The lowest BCUT2D eigenvalue weighted by molar-refractivity contribution is -0.885. The van der Waals surface area contributed by atoms with Crippen LogP contribution in [0.1, 0.15) is 11.1 Å². The second-order valence-corrected chi connectivity index (χ2v) is 5.79. The molecule has 1 amide bonds. The standard InChI is InChI=1S/C18H19F3N2O2/c1-23(11-13-5-3-8-16(9-13)25-2)12-17(24)22-15-7-4-6-14(10-15)18(19,20)21/h3-10H,11-12H2,1-2H3,(H,22,24)/p+1. The van der Waals surface area contributed by atoms with Crippen LogP contribution in [0, 0.1) is 0 Å². The van der Waals surface area contributed by atoms with E-state index in [1.807, 2.05) is 31.3 Å². The van der Waals surface area contributed by atoms with Gasteiger partial charge in [-0.1, -0.05) is 18.2 Å². The third kappa shape index (κ3) is 5.79. The van der Waals surface area contributed by atoms with E-state index in [1.54, 1.807) is 7.11 Å². The van der Waals surface area contributed by atoms with E-state index in [4.69, 9.17) is 4.74 Å². The molecule has 2 aromatic rings. The lowest BCUT2D eigenvalue weighted by Gasteiger charge is -2.15. The van der Waals surface area contributed by atoms with Crippen molar-refractivity contribution < 1.29 is 27.6 Å². The zero-order chi connectivity index (χ0) is 18.4. The molecule has 2 rings (SSSR count). The average Bonchev–Trinajstić information content (AvgIpc) is 2.54. The Hall–Kier alpha value is -2.54. The highest BCUT2D eigenvalue weighted by atomic mass is 19.4. The predicted molar refractivity (Wildman–Crippen MR) is 88.5 cm³/mol. The summed E-state index contributed by atoms with van der Waals surface area (Å²) < 4.78 is 43.2. The number of carbonyl (C=O) groups excluding carboxylic acids is 1. The molecule has 0 aliphatic carbocycles. The van der Waals surface area contributed by atoms with Gasteiger partial charge in [0.25, 0.3) is 5.91 Å². The molecule has 0 saturated heterocycles. The number of nitrogens with one attached hydrogen (secondary N) is 2. The molecule has 1 unspecified atom stereocenters. The molecule has 0 aromatic heterocycles. The van der Waals surface area contributed by atoms with Gasteiger partial charge in [-0.15, -0.1) is 0 Å². The third-order valence-corrected chi connectivity index (χ3v) is 3.58. The molecular formula is C18H20F3N2O2+. The van der Waals surface area contributed by atoms with Crippen molar-refractivity contribution >= 4 is 11.6 Å². The highest BCUT2D eigenvalue weighted by Crippen LogP contribution is 2.30. The molecule has 1 atom stereocenters. The number of methoxy groups -OCH3 is 1. The number of alkyl halides is 3. The Labute approximate surface area is 144 Å². The van der Waals surface area contributed by atoms with Crippen molar-refractivity contribution in [1.82, 2.24) is 0 Å². The van der Waals surface area contributed by atoms with E-state index in [9.17, 15) is 18.0 Å². The molecule has 0 heterocycles. The number of hydrogen-bond acceptors (Lipinski definition) is 2. The van der Waals surface area contributed by atoms with Crippen molar-refractivity contribution in [2.45, 2.75) is 12.7 Å². The number of ether oxygens (including phenoxy) is 1. The number of benzene rings is 2. The Morgan fingerprint density at radius 3 is 2.56 bits per heavy atom. The molecule has 2 N–H and O–H groups in total. The van der Waals surface area contributed by atoms with Gasteiger partial charge in [-0.2, -0.15) is 13.2 Å². The van der Waals surface area contributed by atoms with Crippen molar-refractivity contribution in [3.05, 3.63) is 59.7 Å². The fourth-order valence-electron chi connectivity index (χ4n) is 2.45. The minimum Gasteiger partial charge on any atom is -0.497 e. The first-order valence-electron chi connectivity index (χ1n) is 7.69. The summed E-state index contributed by atoms with van der Waals surface area (Å²) in [6.07, 6.45) is -4.44. The van der Waals surface area contributed by atoms with Crippen molar-refractivity contribution in [2.24, 2.45) is 0 Å². The van der Waals surface area contributed by atoms with Crippen molar-refractivity contribution in [2.75, 3.05) is 26.0 Å². The summed E-state index contributed by atoms with van der Waals surface area (Å²) in [7, 11) is 3.42. The quantitative estimate of drug-likeness (QED) is 0.837. The molecule has 7 heteroatoms. The average molecular weight is 353 g/mol. The number of rotatable bonds is 6. The Bertz CT molecular complexity index is 732. The van der Waals surface area contributed by atoms with Gasteiger partial charge in [-0.05, 0) is 30.3 Å². The predicted octanol–water partition coefficient (Wildman–Crippen LogP) is 2.37. The van der Waals surface area contributed by atoms with Gasteiger partial charge in [0, 0.05) is 11.3 Å². The van der Waals surface area contributed by atoms with E-state index in [0.717, 1.165) is 28.3 Å². The molecule has 0 bridgehead atoms. The van der Waals surface area contributed by atoms with Crippen LogP contribution in [0.2, 0.25) is 0 Å². The van der Waals surface area contributed by atoms with Gasteiger partial charge < -0.3 is 15.0 Å². The van der Waals surface area contributed by atoms with Crippen LogP contribution in [0.15, 0.2) is 48.5 Å². The molecule has 25 heavy (non-hydrogen) atoms. The van der Waals surface area contributed by atoms with Gasteiger partial charge in [0.2, 0.25) is 0 Å². The fraction of sp³-hybridized carbons (Fsp3) is 0.278. The van der Waals surface area contributed by atoms with Crippen LogP contribution in [-0.4, -0.2) is 26.6 Å². The van der Waals surface area contributed by atoms with Gasteiger partial charge in [-0.3, -0.25) is 4.79 Å². The SMILES string of the molecule is COc1cccc(C[NH+](C)CC(=O)Nc2cccc(C(F)(F)F)c2)c1. The zero-order valence-electron chi connectivity index (χ0n) is 14.0. The van der Waals surface area contributed by atoms with Gasteiger partial charge >= 0.3 is 6.18 Å². The highest BCUT2D eigenvalue weighted by Gasteiger charge is 2.30. The van der Waals surface area contributed by atoms with Gasteiger partial charge in [-0.25, -0.2) is 0 Å². The van der Waals surface area contributed by atoms with Gasteiger partial charge in [0.15, 0.2) is 6.54 Å². The Morgan fingerprint density at radius 2 is 1.88 bits per heavy atom. The molecule has 4 nitrogen and oxygen atoms in total. The highest BCUT2D eigenvalue weighted by molar-refractivity contribution is 5.91. The van der Waals surface area contributed by atoms with Crippen LogP contribution in [-0.2, 0) is 17.5 Å². The molecule has 0 saturated carbocycles. The molecule has 0 aliphatic rings. The summed E-state index contributed by atoms with van der Waals surface area (Å²) in [6, 6.07) is 12.1. The summed E-state index contributed by atoms with van der Waals surface area (Å²) in [5.74, 6) is 0.387. The summed E-state index contributed by atoms with van der Waals surface area (Å²) in [5.41, 5.74) is 0.347. The first-order chi connectivity index (χ1) is 11.8. The second-order valence-electron chi connectivity index (χ2n) is 5.79. The number of halogens is 3. The molecular weight excluding hydrogens is 333 g/mol. The van der Waals surface area contributed by atoms with Crippen molar-refractivity contribution in [3.8, 4) is 5.75 Å². The summed E-state index contributed by atoms with van der Waals surface area (Å²) in [4.78, 5) is 13.0. The number of amides is 1. The van der Waals surface area contributed by atoms with Crippen LogP contribution >= 0.6 is 0 Å².